The van der Waals surface area contributed by atoms with Crippen molar-refractivity contribution in [3.8, 4) is 0 Å². The fourth-order valence-corrected chi connectivity index (χ4v) is 3.84. The Morgan fingerprint density at radius 3 is 2.60 bits per heavy atom. The van der Waals surface area contributed by atoms with Crippen molar-refractivity contribution in [3.05, 3.63) is 36.5 Å². The van der Waals surface area contributed by atoms with Gasteiger partial charge in [0.2, 0.25) is 0 Å². The average molecular weight is 367 g/mol. The zero-order valence-electron chi connectivity index (χ0n) is 17.1. The molecule has 0 amide bonds. The van der Waals surface area contributed by atoms with Gasteiger partial charge < -0.3 is 14.3 Å². The molecule has 0 aromatic rings. The van der Waals surface area contributed by atoms with E-state index in [2.05, 4.69) is 60.0 Å². The zero-order valence-corrected chi connectivity index (χ0v) is 18.1. The van der Waals surface area contributed by atoms with E-state index in [1.807, 2.05) is 6.08 Å². The molecular formula is C21H38O3Si. The molecule has 1 heterocycles. The lowest BCUT2D eigenvalue weighted by molar-refractivity contribution is -0.00415. The van der Waals surface area contributed by atoms with Crippen molar-refractivity contribution in [1.29, 1.82) is 0 Å². The fourth-order valence-electron chi connectivity index (χ4n) is 2.79. The molecule has 0 aromatic carbocycles. The van der Waals surface area contributed by atoms with Crippen LogP contribution >= 0.6 is 0 Å². The first-order chi connectivity index (χ1) is 11.4. The molecule has 0 radical (unpaired) electrons. The Bertz CT molecular complexity index is 488. The second-order valence-corrected chi connectivity index (χ2v) is 13.7. The molecule has 25 heavy (non-hydrogen) atoms. The maximum Gasteiger partial charge on any atom is 0.192 e. The second kappa shape index (κ2) is 9.31. The smallest absolute Gasteiger partial charge is 0.192 e. The third kappa shape index (κ3) is 7.61. The third-order valence-electron chi connectivity index (χ3n) is 5.27. The Morgan fingerprint density at radius 1 is 1.40 bits per heavy atom. The van der Waals surface area contributed by atoms with Crippen molar-refractivity contribution in [2.75, 3.05) is 6.61 Å². The molecule has 1 aliphatic heterocycles. The molecule has 0 aromatic heterocycles. The van der Waals surface area contributed by atoms with Gasteiger partial charge >= 0.3 is 0 Å². The van der Waals surface area contributed by atoms with E-state index in [-0.39, 0.29) is 17.2 Å². The summed E-state index contributed by atoms with van der Waals surface area (Å²) < 4.78 is 12.2. The molecule has 144 valence electrons. The molecule has 1 rings (SSSR count). The molecule has 0 bridgehead atoms. The number of ether oxygens (including phenoxy) is 1. The van der Waals surface area contributed by atoms with Crippen molar-refractivity contribution in [3.63, 3.8) is 0 Å². The van der Waals surface area contributed by atoms with Gasteiger partial charge in [0.1, 0.15) is 0 Å². The molecular weight excluding hydrogens is 328 g/mol. The summed E-state index contributed by atoms with van der Waals surface area (Å²) in [5.74, 6) is 0. The van der Waals surface area contributed by atoms with Gasteiger partial charge in [-0.15, -0.1) is 6.58 Å². The van der Waals surface area contributed by atoms with Crippen LogP contribution < -0.4 is 0 Å². The third-order valence-corrected chi connectivity index (χ3v) is 9.77. The summed E-state index contributed by atoms with van der Waals surface area (Å²) >= 11 is 0. The van der Waals surface area contributed by atoms with Gasteiger partial charge in [-0.1, -0.05) is 50.6 Å². The van der Waals surface area contributed by atoms with E-state index in [0.29, 0.717) is 13.0 Å². The van der Waals surface area contributed by atoms with E-state index < -0.39 is 14.4 Å². The Labute approximate surface area is 155 Å². The summed E-state index contributed by atoms with van der Waals surface area (Å²) in [7, 11) is -1.81. The lowest BCUT2D eigenvalue weighted by Crippen LogP contribution is -2.42. The predicted octanol–water partition coefficient (Wildman–Crippen LogP) is 5.39. The van der Waals surface area contributed by atoms with Gasteiger partial charge in [-0.3, -0.25) is 0 Å². The molecule has 0 aliphatic carbocycles. The molecule has 0 spiro atoms. The fraction of sp³-hybridized carbons (Fsp3) is 0.714. The van der Waals surface area contributed by atoms with Gasteiger partial charge in [0.25, 0.3) is 0 Å². The van der Waals surface area contributed by atoms with Crippen LogP contribution in [-0.2, 0) is 9.16 Å². The van der Waals surface area contributed by atoms with Crippen LogP contribution in [0.15, 0.2) is 36.5 Å². The molecule has 0 saturated carbocycles. The first kappa shape index (κ1) is 22.4. The summed E-state index contributed by atoms with van der Waals surface area (Å²) in [5, 5.41) is 10.5. The lowest BCUT2D eigenvalue weighted by atomic mass is 9.96. The first-order valence-corrected chi connectivity index (χ1v) is 12.3. The van der Waals surface area contributed by atoms with E-state index in [9.17, 15) is 5.11 Å². The summed E-state index contributed by atoms with van der Waals surface area (Å²) in [4.78, 5) is 0. The summed E-state index contributed by atoms with van der Waals surface area (Å²) in [6.07, 6.45) is 7.05. The molecule has 1 saturated heterocycles. The largest absolute Gasteiger partial charge is 0.414 e. The average Bonchev–Trinajstić information content (AvgIpc) is 2.43. The van der Waals surface area contributed by atoms with Crippen molar-refractivity contribution in [1.82, 2.24) is 0 Å². The zero-order chi connectivity index (χ0) is 19.3. The summed E-state index contributed by atoms with van der Waals surface area (Å²) in [6.45, 7) is 21.4. The lowest BCUT2D eigenvalue weighted by Gasteiger charge is -2.36. The van der Waals surface area contributed by atoms with Crippen LogP contribution in [-0.4, -0.2) is 38.3 Å². The maximum atomic E-state index is 10.4. The van der Waals surface area contributed by atoms with Gasteiger partial charge in [-0.2, -0.15) is 0 Å². The highest BCUT2D eigenvalue weighted by atomic mass is 28.4. The number of hydrogen-bond donors (Lipinski definition) is 1. The summed E-state index contributed by atoms with van der Waals surface area (Å²) in [5.41, 5.74) is 2.37. The van der Waals surface area contributed by atoms with E-state index in [4.69, 9.17) is 9.16 Å². The molecule has 1 N–H and O–H groups in total. The number of hydrogen-bond acceptors (Lipinski definition) is 3. The molecule has 3 atom stereocenters. The monoisotopic (exact) mass is 366 g/mol. The Balaban J connectivity index is 2.53. The summed E-state index contributed by atoms with van der Waals surface area (Å²) in [6, 6.07) is 0. The van der Waals surface area contributed by atoms with Crippen molar-refractivity contribution in [2.24, 2.45) is 0 Å². The van der Waals surface area contributed by atoms with Crippen molar-refractivity contribution < 1.29 is 14.3 Å². The Kier molecular flexibility index (Phi) is 8.33. The first-order valence-electron chi connectivity index (χ1n) is 9.37. The van der Waals surface area contributed by atoms with Gasteiger partial charge in [-0.25, -0.2) is 0 Å². The predicted molar refractivity (Wildman–Crippen MR) is 109 cm³/mol. The van der Waals surface area contributed by atoms with Crippen LogP contribution in [0.1, 0.15) is 53.4 Å². The molecule has 4 heteroatoms. The van der Waals surface area contributed by atoms with Crippen molar-refractivity contribution in [2.45, 2.75) is 89.8 Å². The van der Waals surface area contributed by atoms with E-state index in [0.717, 1.165) is 24.8 Å². The molecule has 0 unspecified atom stereocenters. The van der Waals surface area contributed by atoms with Gasteiger partial charge in [0.05, 0.1) is 24.9 Å². The molecule has 3 nitrogen and oxygen atoms in total. The van der Waals surface area contributed by atoms with Crippen LogP contribution in [0.2, 0.25) is 18.1 Å². The van der Waals surface area contributed by atoms with E-state index in [1.54, 1.807) is 0 Å². The minimum absolute atomic E-state index is 0.0553. The van der Waals surface area contributed by atoms with Crippen LogP contribution in [0.3, 0.4) is 0 Å². The van der Waals surface area contributed by atoms with Gasteiger partial charge in [0.15, 0.2) is 8.32 Å². The molecule has 1 aliphatic rings. The maximum absolute atomic E-state index is 10.4. The van der Waals surface area contributed by atoms with E-state index in [1.165, 1.54) is 5.57 Å². The van der Waals surface area contributed by atoms with Crippen LogP contribution in [0.25, 0.3) is 0 Å². The number of rotatable bonds is 8. The SMILES string of the molecule is C=CC[C@H]1CC(=C)C[C@@H](/C=C(\C)C[C@H](O)CO[Si](C)(C)C(C)(C)C)O1. The highest BCUT2D eigenvalue weighted by molar-refractivity contribution is 6.74. The second-order valence-electron chi connectivity index (χ2n) is 8.92. The quantitative estimate of drug-likeness (QED) is 0.462. The van der Waals surface area contributed by atoms with Crippen LogP contribution in [0.4, 0.5) is 0 Å². The highest BCUT2D eigenvalue weighted by Gasteiger charge is 2.37. The normalized spacial score (nSPS) is 24.3. The van der Waals surface area contributed by atoms with Crippen LogP contribution in [0.5, 0.6) is 0 Å². The van der Waals surface area contributed by atoms with E-state index >= 15 is 0 Å². The standard InChI is InChI=1S/C21H38O3Si/c1-9-10-19-12-17(3)14-20(24-19)13-16(2)11-18(22)15-23-25(7,8)21(4,5)6/h9,13,18-20,22H,1,3,10-12,14-15H2,2,4-8H3/b16-13+/t18-,19-,20+/m0/s1. The minimum Gasteiger partial charge on any atom is -0.414 e. The van der Waals surface area contributed by atoms with Gasteiger partial charge in [-0.05, 0) is 50.7 Å². The minimum atomic E-state index is -1.81. The highest BCUT2D eigenvalue weighted by Crippen LogP contribution is 2.36. The molecule has 1 fully saturated rings. The Morgan fingerprint density at radius 2 is 2.04 bits per heavy atom. The number of aliphatic hydroxyl groups excluding tert-OH is 1. The topological polar surface area (TPSA) is 38.7 Å². The van der Waals surface area contributed by atoms with Crippen molar-refractivity contribution >= 4 is 8.32 Å². The number of aliphatic hydroxyl groups is 1. The van der Waals surface area contributed by atoms with Gasteiger partial charge in [0, 0.05) is 0 Å². The van der Waals surface area contributed by atoms with Crippen LogP contribution in [0, 0.1) is 0 Å². The Hall–Kier alpha value is -0.683.